The number of benzene rings is 4. The first kappa shape index (κ1) is 38.7. The zero-order chi connectivity index (χ0) is 28.9. The molecule has 0 bridgehead atoms. The molecule has 5 rings (SSSR count). The summed E-state index contributed by atoms with van der Waals surface area (Å²) >= 11 is 6.92. The van der Waals surface area contributed by atoms with E-state index in [0.717, 1.165) is 0 Å². The van der Waals surface area contributed by atoms with Crippen LogP contribution in [0.4, 0.5) is 29.0 Å². The zero-order valence-corrected chi connectivity index (χ0v) is 29.7. The molecule has 0 saturated heterocycles. The van der Waals surface area contributed by atoms with Gasteiger partial charge in [-0.25, -0.2) is 0 Å². The second kappa shape index (κ2) is 18.0. The molecule has 1 radical (unpaired) electrons. The van der Waals surface area contributed by atoms with E-state index in [-0.39, 0.29) is 121 Å². The third-order valence-electron chi connectivity index (χ3n) is 5.44. The van der Waals surface area contributed by atoms with E-state index in [0.29, 0.717) is 56.2 Å². The Kier molecular flexibility index (Phi) is 15.8. The molecule has 0 unspecified atom stereocenters. The number of aromatic hydroxyl groups is 2. The molecule has 221 valence electrons. The molecular weight excluding hydrogens is 711 g/mol. The normalized spacial score (nSPS) is 10.8. The fourth-order valence-electron chi connectivity index (χ4n) is 3.83. The van der Waals surface area contributed by atoms with Crippen molar-refractivity contribution >= 4 is 86.2 Å². The summed E-state index contributed by atoms with van der Waals surface area (Å²) in [4.78, 5) is 12.1. The molecule has 1 aromatic heterocycles. The van der Waals surface area contributed by atoms with Gasteiger partial charge < -0.3 is 31.8 Å². The number of halogens is 1. The maximum Gasteiger partial charge on any atom is 1.00 e. The molecule has 0 aliphatic rings. The maximum absolute atomic E-state index is 11.1. The minimum atomic E-state index is -0.306. The van der Waals surface area contributed by atoms with E-state index in [9.17, 15) is 20.7 Å². The smallest absolute Gasteiger partial charge is 0.691 e. The SMILES string of the molecule is Nc1nc(Cl)nc(Nc2ccc3c(O)c(N=Nc4c(O)cc(SOO[O-])c5ccccc45)c(SOO[O-])cc3c2)n1.[Cu].[Na+].[Na+]. The van der Waals surface area contributed by atoms with Crippen LogP contribution in [0, 0.1) is 0 Å². The Bertz CT molecular complexity index is 1780. The summed E-state index contributed by atoms with van der Waals surface area (Å²) in [6, 6.07) is 14.6. The van der Waals surface area contributed by atoms with E-state index in [1.165, 1.54) is 6.07 Å². The van der Waals surface area contributed by atoms with Crippen LogP contribution in [-0.2, 0) is 35.8 Å². The maximum atomic E-state index is 11.1. The Hall–Kier alpha value is -1.52. The number of rotatable bonds is 10. The number of phenols is 2. The number of nitrogen functional groups attached to an aromatic ring is 1. The first-order chi connectivity index (χ1) is 19.9. The molecule has 21 heteroatoms. The van der Waals surface area contributed by atoms with Crippen molar-refractivity contribution < 1.29 is 116 Å². The van der Waals surface area contributed by atoms with Crippen molar-refractivity contribution in [3.05, 3.63) is 59.9 Å². The van der Waals surface area contributed by atoms with E-state index in [4.69, 9.17) is 17.3 Å². The van der Waals surface area contributed by atoms with Crippen molar-refractivity contribution in [2.75, 3.05) is 11.1 Å². The molecule has 0 aliphatic carbocycles. The van der Waals surface area contributed by atoms with Crippen molar-refractivity contribution in [1.29, 1.82) is 0 Å². The molecule has 0 fully saturated rings. The number of fused-ring (bicyclic) bond motifs is 2. The third kappa shape index (κ3) is 9.05. The number of nitrogens with two attached hydrogens (primary N) is 1. The monoisotopic (exact) mass is 724 g/mol. The van der Waals surface area contributed by atoms with Gasteiger partial charge in [0, 0.05) is 38.9 Å². The number of aromatic nitrogens is 3. The predicted molar refractivity (Wildman–Crippen MR) is 144 cm³/mol. The summed E-state index contributed by atoms with van der Waals surface area (Å²) in [7, 11) is 0. The molecule has 0 aliphatic heterocycles. The van der Waals surface area contributed by atoms with Crippen molar-refractivity contribution in [3.8, 4) is 11.5 Å². The predicted octanol–water partition coefficient (Wildman–Crippen LogP) is -1.55. The fourth-order valence-corrected chi connectivity index (χ4v) is 5.02. The number of hydrogen-bond acceptors (Lipinski definition) is 17. The number of phenolic OH excluding ortho intramolecular Hbond substituents is 2. The van der Waals surface area contributed by atoms with E-state index >= 15 is 0 Å². The van der Waals surface area contributed by atoms with E-state index in [1.54, 1.807) is 48.5 Å². The summed E-state index contributed by atoms with van der Waals surface area (Å²) in [6.45, 7) is 0. The molecular formula is C23H14ClCuN7Na2O8S2. The summed E-state index contributed by atoms with van der Waals surface area (Å²) in [5, 5.41) is 62.6. The summed E-state index contributed by atoms with van der Waals surface area (Å²) in [5.41, 5.74) is 6.09. The first-order valence-corrected chi connectivity index (χ1v) is 12.9. The Morgan fingerprint density at radius 2 is 1.48 bits per heavy atom. The summed E-state index contributed by atoms with van der Waals surface area (Å²) in [5.74, 6) is -0.587. The van der Waals surface area contributed by atoms with Gasteiger partial charge in [0.25, 0.3) is 0 Å². The Labute approximate surface area is 316 Å². The fraction of sp³-hybridized carbons (Fsp3) is 0. The number of hydrogen-bond donors (Lipinski definition) is 4. The van der Waals surface area contributed by atoms with Gasteiger partial charge in [-0.15, -0.1) is 10.2 Å². The van der Waals surface area contributed by atoms with Gasteiger partial charge in [0.2, 0.25) is 17.2 Å². The molecule has 5 aromatic rings. The number of anilines is 3. The quantitative estimate of drug-likeness (QED) is 0.0421. The van der Waals surface area contributed by atoms with E-state index in [1.807, 2.05) is 0 Å². The van der Waals surface area contributed by atoms with Gasteiger partial charge in [-0.2, -0.15) is 23.6 Å². The molecule has 0 saturated carbocycles. The van der Waals surface area contributed by atoms with Gasteiger partial charge in [0.05, 0.1) is 33.9 Å². The topological polar surface area (TPSA) is 225 Å². The molecule has 0 spiro atoms. The average molecular weight is 726 g/mol. The number of azo groups is 1. The standard InChI is InChI=1S/C23H16ClN7O8S2.Cu.2Na/c24-21-27-22(25)29-23(28-21)26-11-5-6-12-10(7-11)8-17(41-39-37-35)19(20(12)33)31-30-18-14-4-2-1-3-13(14)16(9-15(18)32)40-38-36-34;;;/h1-9,32-35H,(H3,25,26,27,28,29);;;/q;;2*+1/p-2. The molecule has 4 aromatic carbocycles. The van der Waals surface area contributed by atoms with Crippen molar-refractivity contribution in [3.63, 3.8) is 0 Å². The van der Waals surface area contributed by atoms with Crippen molar-refractivity contribution in [1.82, 2.24) is 15.0 Å². The molecule has 1 heterocycles. The van der Waals surface area contributed by atoms with E-state index in [2.05, 4.69) is 49.2 Å². The van der Waals surface area contributed by atoms with Crippen molar-refractivity contribution in [2.45, 2.75) is 9.79 Å². The van der Waals surface area contributed by atoms with Gasteiger partial charge in [0.1, 0.15) is 17.1 Å². The molecule has 5 N–H and O–H groups in total. The Morgan fingerprint density at radius 3 is 2.16 bits per heavy atom. The minimum absolute atomic E-state index is 0. The van der Waals surface area contributed by atoms with Crippen LogP contribution in [0.2, 0.25) is 5.28 Å². The van der Waals surface area contributed by atoms with Crippen LogP contribution in [0.1, 0.15) is 0 Å². The van der Waals surface area contributed by atoms with Crippen LogP contribution in [-0.4, -0.2) is 25.2 Å². The van der Waals surface area contributed by atoms with Gasteiger partial charge in [0.15, 0.2) is 5.75 Å². The minimum Gasteiger partial charge on any atom is -0.691 e. The Morgan fingerprint density at radius 1 is 0.818 bits per heavy atom. The van der Waals surface area contributed by atoms with Crippen LogP contribution in [0.25, 0.3) is 21.5 Å². The van der Waals surface area contributed by atoms with Crippen LogP contribution in [0.3, 0.4) is 0 Å². The van der Waals surface area contributed by atoms with Crippen LogP contribution < -0.4 is 80.7 Å². The number of nitrogens with one attached hydrogen (secondary N) is 1. The second-order valence-corrected chi connectivity index (χ2v) is 9.67. The Balaban J connectivity index is 0.00000225. The molecule has 0 atom stereocenters. The first-order valence-electron chi connectivity index (χ1n) is 11.0. The molecule has 15 nitrogen and oxygen atoms in total. The number of nitrogens with zero attached hydrogens (tertiary/aromatic N) is 5. The summed E-state index contributed by atoms with van der Waals surface area (Å²) < 4.78 is 8.89. The molecule has 44 heavy (non-hydrogen) atoms. The second-order valence-electron chi connectivity index (χ2n) is 7.85. The van der Waals surface area contributed by atoms with Crippen LogP contribution in [0.5, 0.6) is 11.5 Å². The zero-order valence-electron chi connectivity index (χ0n) is 22.3. The van der Waals surface area contributed by atoms with Crippen LogP contribution >= 0.6 is 35.7 Å². The van der Waals surface area contributed by atoms with Gasteiger partial charge in [-0.05, 0) is 47.3 Å². The largest absolute Gasteiger partial charge is 1.00 e. The van der Waals surface area contributed by atoms with Gasteiger partial charge in [-0.1, -0.05) is 24.3 Å². The summed E-state index contributed by atoms with van der Waals surface area (Å²) in [6.07, 6.45) is 0. The van der Waals surface area contributed by atoms with Crippen LogP contribution in [0.15, 0.2) is 74.6 Å². The van der Waals surface area contributed by atoms with Crippen molar-refractivity contribution in [2.24, 2.45) is 10.2 Å². The van der Waals surface area contributed by atoms with Gasteiger partial charge >= 0.3 is 59.1 Å². The average Bonchev–Trinajstić information content (AvgIpc) is 2.94. The third-order valence-corrected chi connectivity index (χ3v) is 6.87. The van der Waals surface area contributed by atoms with Gasteiger partial charge in [-0.3, -0.25) is 10.1 Å². The molecule has 0 amide bonds. The van der Waals surface area contributed by atoms with E-state index < -0.39 is 0 Å².